The topological polar surface area (TPSA) is 114 Å². The minimum atomic E-state index is -1.17. The van der Waals surface area contributed by atoms with Gasteiger partial charge in [0.15, 0.2) is 0 Å². The van der Waals surface area contributed by atoms with E-state index in [1.54, 1.807) is 0 Å². The van der Waals surface area contributed by atoms with Crippen LogP contribution < -0.4 is 5.73 Å². The van der Waals surface area contributed by atoms with E-state index in [0.717, 1.165) is 0 Å². The number of nitrogens with zero attached hydrogens (tertiary/aromatic N) is 1. The Morgan fingerprint density at radius 2 is 2.12 bits per heavy atom. The Bertz CT molecular complexity index is 454. The lowest BCUT2D eigenvalue weighted by atomic mass is 10.1. The molecular formula is C10H10N2O4. The van der Waals surface area contributed by atoms with Crippen LogP contribution in [0.15, 0.2) is 18.3 Å². The van der Waals surface area contributed by atoms with Crippen molar-refractivity contribution in [1.82, 2.24) is 4.98 Å². The van der Waals surface area contributed by atoms with Crippen LogP contribution in [0.4, 0.5) is 5.82 Å². The molecule has 0 fully saturated rings. The number of nitrogen functional groups attached to an aromatic ring is 1. The van der Waals surface area contributed by atoms with Crippen molar-refractivity contribution in [3.63, 3.8) is 0 Å². The van der Waals surface area contributed by atoms with Crippen LogP contribution in [0, 0.1) is 0 Å². The molecule has 0 spiro atoms. The van der Waals surface area contributed by atoms with E-state index < -0.39 is 11.9 Å². The largest absolute Gasteiger partial charge is 0.481 e. The van der Waals surface area contributed by atoms with Crippen molar-refractivity contribution in [2.75, 3.05) is 5.73 Å². The van der Waals surface area contributed by atoms with Crippen LogP contribution in [0.1, 0.15) is 22.3 Å². The molecule has 84 valence electrons. The van der Waals surface area contributed by atoms with Crippen molar-refractivity contribution in [1.29, 1.82) is 0 Å². The number of aliphatic carboxylic acids is 1. The van der Waals surface area contributed by atoms with Crippen molar-refractivity contribution in [3.8, 4) is 0 Å². The molecule has 0 aliphatic heterocycles. The molecule has 6 heteroatoms. The van der Waals surface area contributed by atoms with E-state index in [2.05, 4.69) is 4.98 Å². The number of aromatic carboxylic acids is 1. The maximum atomic E-state index is 10.7. The Labute approximate surface area is 91.0 Å². The number of carboxylic acids is 2. The van der Waals surface area contributed by atoms with Gasteiger partial charge in [0.25, 0.3) is 0 Å². The lowest BCUT2D eigenvalue weighted by molar-refractivity contribution is -0.135. The lowest BCUT2D eigenvalue weighted by Gasteiger charge is -2.00. The maximum Gasteiger partial charge on any atom is 0.339 e. The second kappa shape index (κ2) is 4.92. The van der Waals surface area contributed by atoms with Gasteiger partial charge < -0.3 is 15.9 Å². The zero-order valence-corrected chi connectivity index (χ0v) is 8.25. The Balaban J connectivity index is 2.91. The fraction of sp³-hybridized carbons (Fsp3) is 0.100. The first-order chi connectivity index (χ1) is 7.50. The number of pyridine rings is 1. The first-order valence-corrected chi connectivity index (χ1v) is 4.38. The fourth-order valence-electron chi connectivity index (χ4n) is 1.05. The maximum absolute atomic E-state index is 10.7. The molecule has 4 N–H and O–H groups in total. The van der Waals surface area contributed by atoms with Crippen LogP contribution >= 0.6 is 0 Å². The molecule has 1 aromatic heterocycles. The molecule has 0 atom stereocenters. The monoisotopic (exact) mass is 222 g/mol. The second-order valence-corrected chi connectivity index (χ2v) is 3.01. The summed E-state index contributed by atoms with van der Waals surface area (Å²) in [5, 5.41) is 17.2. The average Bonchev–Trinajstić information content (AvgIpc) is 2.19. The molecule has 0 aliphatic carbocycles. The number of nitrogens with two attached hydrogens (primary N) is 1. The molecule has 0 saturated carbocycles. The Morgan fingerprint density at radius 3 is 2.69 bits per heavy atom. The molecule has 0 radical (unpaired) electrons. The van der Waals surface area contributed by atoms with Crippen LogP contribution in [0.3, 0.4) is 0 Å². The predicted molar refractivity (Wildman–Crippen MR) is 56.9 cm³/mol. The molecule has 0 unspecified atom stereocenters. The highest BCUT2D eigenvalue weighted by atomic mass is 16.4. The van der Waals surface area contributed by atoms with Crippen LogP contribution in [0.2, 0.25) is 0 Å². The number of anilines is 1. The predicted octanol–water partition coefficient (Wildman–Crippen LogP) is 0.850. The van der Waals surface area contributed by atoms with Gasteiger partial charge in [0.1, 0.15) is 11.4 Å². The summed E-state index contributed by atoms with van der Waals surface area (Å²) in [4.78, 5) is 24.7. The smallest absolute Gasteiger partial charge is 0.339 e. The average molecular weight is 222 g/mol. The van der Waals surface area contributed by atoms with Crippen LogP contribution in [0.5, 0.6) is 0 Å². The Hall–Kier alpha value is -2.37. The summed E-state index contributed by atoms with van der Waals surface area (Å²) in [5.74, 6) is -2.19. The van der Waals surface area contributed by atoms with Gasteiger partial charge in [-0.15, -0.1) is 0 Å². The molecule has 6 nitrogen and oxygen atoms in total. The number of hydrogen-bond acceptors (Lipinski definition) is 4. The van der Waals surface area contributed by atoms with Gasteiger partial charge in [-0.05, 0) is 11.6 Å². The standard InChI is InChI=1S/C10H10N2O4/c11-9-7(10(15)16)4-6(5-12-9)2-1-3-8(13)14/h1-2,4-5H,3H2,(H2,11,12)(H,13,14)(H,15,16). The van der Waals surface area contributed by atoms with Crippen molar-refractivity contribution in [2.24, 2.45) is 0 Å². The molecule has 1 rings (SSSR count). The van der Waals surface area contributed by atoms with Crippen molar-refractivity contribution >= 4 is 23.8 Å². The zero-order chi connectivity index (χ0) is 12.1. The number of carbonyl (C=O) groups is 2. The van der Waals surface area contributed by atoms with Crippen molar-refractivity contribution < 1.29 is 19.8 Å². The van der Waals surface area contributed by atoms with E-state index in [9.17, 15) is 9.59 Å². The van der Waals surface area contributed by atoms with Gasteiger partial charge >= 0.3 is 11.9 Å². The van der Waals surface area contributed by atoms with Gasteiger partial charge in [-0.2, -0.15) is 0 Å². The summed E-state index contributed by atoms with van der Waals surface area (Å²) in [5.41, 5.74) is 5.75. The van der Waals surface area contributed by atoms with Crippen molar-refractivity contribution in [2.45, 2.75) is 6.42 Å². The highest BCUT2D eigenvalue weighted by Gasteiger charge is 2.08. The van der Waals surface area contributed by atoms with Crippen LogP contribution in [0.25, 0.3) is 6.08 Å². The third-order valence-corrected chi connectivity index (χ3v) is 1.77. The third kappa shape index (κ3) is 3.09. The molecule has 0 saturated heterocycles. The highest BCUT2D eigenvalue weighted by Crippen LogP contribution is 2.12. The van der Waals surface area contributed by atoms with E-state index in [1.807, 2.05) is 0 Å². The van der Waals surface area contributed by atoms with Gasteiger partial charge in [-0.3, -0.25) is 4.79 Å². The summed E-state index contributed by atoms with van der Waals surface area (Å²) in [6.45, 7) is 0. The Kier molecular flexibility index (Phi) is 3.60. The zero-order valence-electron chi connectivity index (χ0n) is 8.25. The molecule has 0 bridgehead atoms. The quantitative estimate of drug-likeness (QED) is 0.695. The second-order valence-electron chi connectivity index (χ2n) is 3.01. The van der Waals surface area contributed by atoms with E-state index >= 15 is 0 Å². The molecule has 16 heavy (non-hydrogen) atoms. The number of rotatable bonds is 4. The first kappa shape index (κ1) is 11.7. The molecule has 1 heterocycles. The normalized spacial score (nSPS) is 10.5. The summed E-state index contributed by atoms with van der Waals surface area (Å²) in [6, 6.07) is 1.34. The van der Waals surface area contributed by atoms with Gasteiger partial charge in [-0.1, -0.05) is 12.2 Å². The Morgan fingerprint density at radius 1 is 1.44 bits per heavy atom. The molecule has 0 aliphatic rings. The van der Waals surface area contributed by atoms with Gasteiger partial charge in [-0.25, -0.2) is 9.78 Å². The number of hydrogen-bond donors (Lipinski definition) is 3. The molecular weight excluding hydrogens is 212 g/mol. The SMILES string of the molecule is Nc1ncc(C=CCC(=O)O)cc1C(=O)O. The van der Waals surface area contributed by atoms with E-state index in [-0.39, 0.29) is 17.8 Å². The van der Waals surface area contributed by atoms with Gasteiger partial charge in [0, 0.05) is 6.20 Å². The molecule has 0 aromatic carbocycles. The van der Waals surface area contributed by atoms with E-state index in [4.69, 9.17) is 15.9 Å². The third-order valence-electron chi connectivity index (χ3n) is 1.77. The summed E-state index contributed by atoms with van der Waals surface area (Å²) in [7, 11) is 0. The first-order valence-electron chi connectivity index (χ1n) is 4.38. The highest BCUT2D eigenvalue weighted by molar-refractivity contribution is 5.93. The summed E-state index contributed by atoms with van der Waals surface area (Å²) < 4.78 is 0. The molecule has 1 aromatic rings. The summed E-state index contributed by atoms with van der Waals surface area (Å²) >= 11 is 0. The minimum Gasteiger partial charge on any atom is -0.481 e. The van der Waals surface area contributed by atoms with Crippen molar-refractivity contribution in [3.05, 3.63) is 29.5 Å². The number of carboxylic acid groups (broad SMARTS) is 2. The van der Waals surface area contributed by atoms with Gasteiger partial charge in [0.2, 0.25) is 0 Å². The molecule has 0 amide bonds. The van der Waals surface area contributed by atoms with Gasteiger partial charge in [0.05, 0.1) is 6.42 Å². The number of aromatic nitrogens is 1. The van der Waals surface area contributed by atoms with E-state index in [1.165, 1.54) is 24.4 Å². The van der Waals surface area contributed by atoms with E-state index in [0.29, 0.717) is 5.56 Å². The minimum absolute atomic E-state index is 0.0668. The fourth-order valence-corrected chi connectivity index (χ4v) is 1.05. The van der Waals surface area contributed by atoms with Crippen LogP contribution in [-0.4, -0.2) is 27.1 Å². The summed E-state index contributed by atoms with van der Waals surface area (Å²) in [6.07, 6.45) is 4.13. The van der Waals surface area contributed by atoms with Crippen LogP contribution in [-0.2, 0) is 4.79 Å². The lowest BCUT2D eigenvalue weighted by Crippen LogP contribution is -2.04.